The number of hydrazine groups is 1. The van der Waals surface area contributed by atoms with E-state index in [0.717, 1.165) is 6.42 Å². The smallest absolute Gasteiger partial charge is 0.303 e. The van der Waals surface area contributed by atoms with E-state index in [1.54, 1.807) is 5.38 Å². The van der Waals surface area contributed by atoms with E-state index >= 15 is 0 Å². The standard InChI is InChI=1S/C13H22N4O3S/c1-8(2)3-5-13(11(20)17-15,6-4-10(18)19)9-7-21-12(14)16-9/h7-8H,3-6,15H2,1-2H3,(H2,14,16)(H,17,20)(H,18,19)/t13-/m0/s1. The van der Waals surface area contributed by atoms with Crippen molar-refractivity contribution in [1.82, 2.24) is 10.4 Å². The van der Waals surface area contributed by atoms with Crippen LogP contribution in [-0.4, -0.2) is 22.0 Å². The van der Waals surface area contributed by atoms with Gasteiger partial charge in [-0.05, 0) is 25.2 Å². The molecule has 0 radical (unpaired) electrons. The molecule has 0 aliphatic heterocycles. The molecule has 1 amide bonds. The highest BCUT2D eigenvalue weighted by Crippen LogP contribution is 2.37. The van der Waals surface area contributed by atoms with Crippen LogP contribution in [0.4, 0.5) is 5.13 Å². The molecular formula is C13H22N4O3S. The molecule has 1 aromatic heterocycles. The van der Waals surface area contributed by atoms with Gasteiger partial charge >= 0.3 is 5.97 Å². The van der Waals surface area contributed by atoms with Crippen molar-refractivity contribution in [2.45, 2.75) is 44.9 Å². The molecule has 0 aliphatic carbocycles. The maximum absolute atomic E-state index is 12.4. The van der Waals surface area contributed by atoms with Crippen LogP contribution in [0.2, 0.25) is 0 Å². The van der Waals surface area contributed by atoms with Crippen LogP contribution in [0.1, 0.15) is 45.2 Å². The van der Waals surface area contributed by atoms with Crippen molar-refractivity contribution in [2.75, 3.05) is 5.73 Å². The van der Waals surface area contributed by atoms with Crippen molar-refractivity contribution in [1.29, 1.82) is 0 Å². The van der Waals surface area contributed by atoms with Gasteiger partial charge in [0.1, 0.15) is 0 Å². The van der Waals surface area contributed by atoms with Crippen LogP contribution < -0.4 is 17.0 Å². The van der Waals surface area contributed by atoms with E-state index in [4.69, 9.17) is 16.7 Å². The zero-order valence-corrected chi connectivity index (χ0v) is 13.1. The maximum atomic E-state index is 12.4. The number of thiazole rings is 1. The largest absolute Gasteiger partial charge is 0.481 e. The Kier molecular flexibility index (Phi) is 6.10. The summed E-state index contributed by atoms with van der Waals surface area (Å²) in [6, 6.07) is 0. The first kappa shape index (κ1) is 17.4. The number of carboxylic acids is 1. The molecule has 1 atom stereocenters. The van der Waals surface area contributed by atoms with Gasteiger partial charge in [0.15, 0.2) is 5.13 Å². The van der Waals surface area contributed by atoms with E-state index in [1.807, 2.05) is 13.8 Å². The number of hydrogen-bond acceptors (Lipinski definition) is 6. The van der Waals surface area contributed by atoms with Gasteiger partial charge in [0.2, 0.25) is 5.91 Å². The first-order valence-corrected chi connectivity index (χ1v) is 7.64. The summed E-state index contributed by atoms with van der Waals surface area (Å²) in [6.45, 7) is 4.08. The molecule has 21 heavy (non-hydrogen) atoms. The first-order valence-electron chi connectivity index (χ1n) is 6.76. The number of carbonyl (C=O) groups is 2. The van der Waals surface area contributed by atoms with Crippen molar-refractivity contribution < 1.29 is 14.7 Å². The Hall–Kier alpha value is -1.67. The highest BCUT2D eigenvalue weighted by atomic mass is 32.1. The van der Waals surface area contributed by atoms with Crippen molar-refractivity contribution >= 4 is 28.3 Å². The molecule has 0 aromatic carbocycles. The lowest BCUT2D eigenvalue weighted by molar-refractivity contribution is -0.138. The average molecular weight is 314 g/mol. The predicted molar refractivity (Wildman–Crippen MR) is 81.5 cm³/mol. The third-order valence-electron chi connectivity index (χ3n) is 3.49. The fourth-order valence-corrected chi connectivity index (χ4v) is 2.89. The minimum absolute atomic E-state index is 0.136. The van der Waals surface area contributed by atoms with Gasteiger partial charge in [-0.25, -0.2) is 10.8 Å². The van der Waals surface area contributed by atoms with E-state index in [9.17, 15) is 9.59 Å². The molecule has 0 spiro atoms. The Morgan fingerprint density at radius 1 is 1.48 bits per heavy atom. The van der Waals surface area contributed by atoms with Gasteiger partial charge in [-0.15, -0.1) is 11.3 Å². The number of carbonyl (C=O) groups excluding carboxylic acids is 1. The Balaban J connectivity index is 3.18. The summed E-state index contributed by atoms with van der Waals surface area (Å²) in [5.74, 6) is 4.30. The highest BCUT2D eigenvalue weighted by molar-refractivity contribution is 7.13. The molecule has 0 bridgehead atoms. The lowest BCUT2D eigenvalue weighted by Crippen LogP contribution is -2.48. The predicted octanol–water partition coefficient (Wildman–Crippen LogP) is 1.25. The van der Waals surface area contributed by atoms with Crippen LogP contribution in [0.25, 0.3) is 0 Å². The minimum atomic E-state index is -1.05. The molecule has 7 nitrogen and oxygen atoms in total. The number of nitrogens with zero attached hydrogens (tertiary/aromatic N) is 1. The van der Waals surface area contributed by atoms with Crippen LogP contribution in [-0.2, 0) is 15.0 Å². The molecule has 0 unspecified atom stereocenters. The molecular weight excluding hydrogens is 292 g/mol. The van der Waals surface area contributed by atoms with Crippen molar-refractivity contribution in [3.05, 3.63) is 11.1 Å². The topological polar surface area (TPSA) is 131 Å². The van der Waals surface area contributed by atoms with Gasteiger partial charge in [-0.3, -0.25) is 15.0 Å². The first-order chi connectivity index (χ1) is 9.81. The number of rotatable bonds is 8. The summed E-state index contributed by atoms with van der Waals surface area (Å²) in [7, 11) is 0. The number of amides is 1. The van der Waals surface area contributed by atoms with E-state index in [-0.39, 0.29) is 12.8 Å². The molecule has 0 aliphatic rings. The number of nitrogen functional groups attached to an aromatic ring is 1. The second-order valence-corrected chi connectivity index (χ2v) is 6.34. The molecule has 1 heterocycles. The van der Waals surface area contributed by atoms with Gasteiger partial charge in [-0.2, -0.15) is 0 Å². The van der Waals surface area contributed by atoms with Crippen LogP contribution in [0.15, 0.2) is 5.38 Å². The fourth-order valence-electron chi connectivity index (χ4n) is 2.23. The van der Waals surface area contributed by atoms with Crippen molar-refractivity contribution in [3.63, 3.8) is 0 Å². The molecule has 6 N–H and O–H groups in total. The SMILES string of the molecule is CC(C)CC[C@@](CCC(=O)O)(C(=O)NN)c1csc(N)n1. The number of anilines is 1. The second-order valence-electron chi connectivity index (χ2n) is 5.45. The quantitative estimate of drug-likeness (QED) is 0.324. The molecule has 118 valence electrons. The Morgan fingerprint density at radius 2 is 2.14 bits per heavy atom. The number of nitrogens with two attached hydrogens (primary N) is 2. The minimum Gasteiger partial charge on any atom is -0.481 e. The van der Waals surface area contributed by atoms with E-state index < -0.39 is 17.3 Å². The third kappa shape index (κ3) is 4.40. The van der Waals surface area contributed by atoms with Crippen molar-refractivity contribution in [3.8, 4) is 0 Å². The molecule has 0 fully saturated rings. The van der Waals surface area contributed by atoms with E-state index in [1.165, 1.54) is 11.3 Å². The maximum Gasteiger partial charge on any atom is 0.303 e. The molecule has 1 rings (SSSR count). The average Bonchev–Trinajstić information content (AvgIpc) is 2.85. The Morgan fingerprint density at radius 3 is 2.57 bits per heavy atom. The van der Waals surface area contributed by atoms with Gasteiger partial charge in [0, 0.05) is 11.8 Å². The number of nitrogens with one attached hydrogen (secondary N) is 1. The van der Waals surface area contributed by atoms with Gasteiger partial charge < -0.3 is 10.8 Å². The second kappa shape index (κ2) is 7.37. The van der Waals surface area contributed by atoms with Crippen LogP contribution in [0, 0.1) is 5.92 Å². The van der Waals surface area contributed by atoms with Crippen molar-refractivity contribution in [2.24, 2.45) is 11.8 Å². The third-order valence-corrected chi connectivity index (χ3v) is 4.17. The Bertz CT molecular complexity index is 503. The number of hydrogen-bond donors (Lipinski definition) is 4. The summed E-state index contributed by atoms with van der Waals surface area (Å²) in [4.78, 5) is 27.5. The molecule has 1 aromatic rings. The summed E-state index contributed by atoms with van der Waals surface area (Å²) in [5, 5.41) is 11.0. The number of aliphatic carboxylic acids is 1. The van der Waals surface area contributed by atoms with Crippen LogP contribution in [0.3, 0.4) is 0 Å². The van der Waals surface area contributed by atoms with Gasteiger partial charge in [-0.1, -0.05) is 13.8 Å². The summed E-state index contributed by atoms with van der Waals surface area (Å²) in [5.41, 5.74) is 7.26. The molecule has 8 heteroatoms. The zero-order chi connectivity index (χ0) is 16.0. The number of carboxylic acid groups (broad SMARTS) is 1. The van der Waals surface area contributed by atoms with Crippen LogP contribution in [0.5, 0.6) is 0 Å². The Labute approximate surface area is 127 Å². The highest BCUT2D eigenvalue weighted by Gasteiger charge is 2.42. The summed E-state index contributed by atoms with van der Waals surface area (Å²) >= 11 is 1.23. The molecule has 0 saturated carbocycles. The van der Waals surface area contributed by atoms with Gasteiger partial charge in [0.25, 0.3) is 0 Å². The lowest BCUT2D eigenvalue weighted by atomic mass is 9.74. The molecule has 0 saturated heterocycles. The monoisotopic (exact) mass is 314 g/mol. The fraction of sp³-hybridized carbons (Fsp3) is 0.615. The van der Waals surface area contributed by atoms with E-state index in [2.05, 4.69) is 10.4 Å². The normalized spacial score (nSPS) is 13.9. The van der Waals surface area contributed by atoms with Crippen LogP contribution >= 0.6 is 11.3 Å². The summed E-state index contributed by atoms with van der Waals surface area (Å²) in [6.07, 6.45) is 1.23. The lowest BCUT2D eigenvalue weighted by Gasteiger charge is -2.30. The van der Waals surface area contributed by atoms with E-state index in [0.29, 0.717) is 23.2 Å². The summed E-state index contributed by atoms with van der Waals surface area (Å²) < 4.78 is 0. The van der Waals surface area contributed by atoms with Gasteiger partial charge in [0.05, 0.1) is 11.1 Å². The zero-order valence-electron chi connectivity index (χ0n) is 12.3. The number of aromatic nitrogens is 1.